The van der Waals surface area contributed by atoms with Gasteiger partial charge in [0.15, 0.2) is 0 Å². The molecule has 2 nitrogen and oxygen atoms in total. The molecular formula is C17H23BrN2S. The Labute approximate surface area is 140 Å². The smallest absolute Gasteiger partial charge is 0.0591 e. The molecule has 114 valence electrons. The Morgan fingerprint density at radius 2 is 1.86 bits per heavy atom. The first-order valence-electron chi connectivity index (χ1n) is 7.28. The molecule has 0 aliphatic heterocycles. The summed E-state index contributed by atoms with van der Waals surface area (Å²) in [7, 11) is 2.15. The Bertz CT molecular complexity index is 562. The Kier molecular flexibility index (Phi) is 5.99. The van der Waals surface area contributed by atoms with E-state index in [1.54, 1.807) is 11.3 Å². The number of likely N-dealkylation sites (N-methyl/N-ethyl adjacent to an activating group) is 1. The fourth-order valence-electron chi connectivity index (χ4n) is 2.63. The van der Waals surface area contributed by atoms with Gasteiger partial charge in [0.1, 0.15) is 0 Å². The molecule has 0 amide bonds. The van der Waals surface area contributed by atoms with E-state index in [1.165, 1.54) is 16.0 Å². The zero-order valence-electron chi connectivity index (χ0n) is 12.8. The van der Waals surface area contributed by atoms with Gasteiger partial charge in [0.2, 0.25) is 0 Å². The minimum absolute atomic E-state index is 0.0930. The molecule has 0 bridgehead atoms. The predicted octanol–water partition coefficient (Wildman–Crippen LogP) is 4.59. The van der Waals surface area contributed by atoms with E-state index in [1.807, 2.05) is 0 Å². The summed E-state index contributed by atoms with van der Waals surface area (Å²) >= 11 is 5.29. The van der Waals surface area contributed by atoms with Crippen molar-refractivity contribution in [1.82, 2.24) is 4.90 Å². The number of rotatable bonds is 6. The topological polar surface area (TPSA) is 29.3 Å². The maximum absolute atomic E-state index is 6.23. The standard InChI is InChI=1S/C17H23BrN2S/c1-4-13-5-7-14(8-6-13)10-20(3)17(12(2)19)16-9-15(18)11-21-16/h5-9,11-12,17H,4,10,19H2,1-3H3. The number of thiophene rings is 1. The quantitative estimate of drug-likeness (QED) is 0.809. The van der Waals surface area contributed by atoms with Gasteiger partial charge in [-0.3, -0.25) is 4.90 Å². The molecular weight excluding hydrogens is 344 g/mol. The van der Waals surface area contributed by atoms with Gasteiger partial charge < -0.3 is 5.73 Å². The molecule has 0 fully saturated rings. The van der Waals surface area contributed by atoms with Gasteiger partial charge in [-0.1, -0.05) is 31.2 Å². The maximum atomic E-state index is 6.23. The number of benzene rings is 1. The van der Waals surface area contributed by atoms with E-state index in [0.29, 0.717) is 0 Å². The normalized spacial score (nSPS) is 14.4. The van der Waals surface area contributed by atoms with Gasteiger partial charge in [-0.25, -0.2) is 0 Å². The van der Waals surface area contributed by atoms with Gasteiger partial charge in [0.25, 0.3) is 0 Å². The van der Waals surface area contributed by atoms with Crippen molar-refractivity contribution in [2.75, 3.05) is 7.05 Å². The molecule has 2 aromatic rings. The number of halogens is 1. The zero-order valence-corrected chi connectivity index (χ0v) is 15.2. The van der Waals surface area contributed by atoms with Crippen molar-refractivity contribution >= 4 is 27.3 Å². The van der Waals surface area contributed by atoms with E-state index >= 15 is 0 Å². The average Bonchev–Trinajstić information content (AvgIpc) is 2.85. The van der Waals surface area contributed by atoms with Crippen molar-refractivity contribution < 1.29 is 0 Å². The minimum Gasteiger partial charge on any atom is -0.326 e. The summed E-state index contributed by atoms with van der Waals surface area (Å²) in [4.78, 5) is 3.65. The van der Waals surface area contributed by atoms with E-state index in [-0.39, 0.29) is 12.1 Å². The largest absolute Gasteiger partial charge is 0.326 e. The van der Waals surface area contributed by atoms with Crippen LogP contribution in [-0.4, -0.2) is 18.0 Å². The van der Waals surface area contributed by atoms with Crippen LogP contribution in [0.25, 0.3) is 0 Å². The molecule has 1 aromatic heterocycles. The van der Waals surface area contributed by atoms with Crippen molar-refractivity contribution in [3.05, 3.63) is 56.2 Å². The highest BCUT2D eigenvalue weighted by molar-refractivity contribution is 9.10. The van der Waals surface area contributed by atoms with Crippen molar-refractivity contribution in [3.63, 3.8) is 0 Å². The molecule has 0 aliphatic carbocycles. The number of hydrogen-bond donors (Lipinski definition) is 1. The van der Waals surface area contributed by atoms with Crippen LogP contribution in [0, 0.1) is 0 Å². The lowest BCUT2D eigenvalue weighted by Gasteiger charge is -2.30. The van der Waals surface area contributed by atoms with E-state index in [2.05, 4.69) is 77.4 Å². The van der Waals surface area contributed by atoms with Crippen LogP contribution in [0.4, 0.5) is 0 Å². The molecule has 0 saturated heterocycles. The highest BCUT2D eigenvalue weighted by atomic mass is 79.9. The Morgan fingerprint density at radius 1 is 1.24 bits per heavy atom. The molecule has 21 heavy (non-hydrogen) atoms. The Morgan fingerprint density at radius 3 is 2.33 bits per heavy atom. The van der Waals surface area contributed by atoms with Gasteiger partial charge in [-0.2, -0.15) is 0 Å². The molecule has 0 saturated carbocycles. The lowest BCUT2D eigenvalue weighted by atomic mass is 10.1. The van der Waals surface area contributed by atoms with E-state index in [9.17, 15) is 0 Å². The molecule has 2 atom stereocenters. The van der Waals surface area contributed by atoms with E-state index in [4.69, 9.17) is 5.73 Å². The Hall–Kier alpha value is -0.680. The van der Waals surface area contributed by atoms with E-state index in [0.717, 1.165) is 17.4 Å². The number of nitrogens with zero attached hydrogens (tertiary/aromatic N) is 1. The summed E-state index contributed by atoms with van der Waals surface area (Å²) in [6.07, 6.45) is 1.09. The average molecular weight is 367 g/mol. The van der Waals surface area contributed by atoms with Crippen LogP contribution in [0.3, 0.4) is 0 Å². The highest BCUT2D eigenvalue weighted by Gasteiger charge is 2.22. The van der Waals surface area contributed by atoms with Gasteiger partial charge in [-0.05, 0) is 53.5 Å². The first-order valence-corrected chi connectivity index (χ1v) is 8.96. The summed E-state index contributed by atoms with van der Waals surface area (Å²) in [6, 6.07) is 11.4. The summed E-state index contributed by atoms with van der Waals surface area (Å²) in [5.74, 6) is 0. The molecule has 0 aliphatic rings. The fourth-order valence-corrected chi connectivity index (χ4v) is 4.35. The number of aryl methyl sites for hydroxylation is 1. The van der Waals surface area contributed by atoms with Crippen LogP contribution in [0.1, 0.15) is 35.9 Å². The van der Waals surface area contributed by atoms with Crippen LogP contribution in [-0.2, 0) is 13.0 Å². The zero-order chi connectivity index (χ0) is 15.4. The van der Waals surface area contributed by atoms with Crippen molar-refractivity contribution in [2.24, 2.45) is 5.73 Å². The molecule has 4 heteroatoms. The van der Waals surface area contributed by atoms with Gasteiger partial charge in [0, 0.05) is 27.3 Å². The first-order chi connectivity index (χ1) is 10.0. The fraction of sp³-hybridized carbons (Fsp3) is 0.412. The second kappa shape index (κ2) is 7.54. The summed E-state index contributed by atoms with van der Waals surface area (Å²) in [6.45, 7) is 5.17. The minimum atomic E-state index is 0.0930. The molecule has 0 radical (unpaired) electrons. The SMILES string of the molecule is CCc1ccc(CN(C)C(c2cc(Br)cs2)C(C)N)cc1. The molecule has 2 unspecified atom stereocenters. The van der Waals surface area contributed by atoms with Crippen LogP contribution in [0.2, 0.25) is 0 Å². The number of nitrogens with two attached hydrogens (primary N) is 1. The Balaban J connectivity index is 2.13. The third kappa shape index (κ3) is 4.39. The van der Waals surface area contributed by atoms with Gasteiger partial charge in [0.05, 0.1) is 6.04 Å². The van der Waals surface area contributed by atoms with Crippen molar-refractivity contribution in [1.29, 1.82) is 0 Å². The summed E-state index contributed by atoms with van der Waals surface area (Å²) in [5.41, 5.74) is 8.94. The molecule has 0 spiro atoms. The maximum Gasteiger partial charge on any atom is 0.0591 e. The van der Waals surface area contributed by atoms with E-state index < -0.39 is 0 Å². The highest BCUT2D eigenvalue weighted by Crippen LogP contribution is 2.31. The second-order valence-electron chi connectivity index (χ2n) is 5.56. The molecule has 2 rings (SSSR count). The summed E-state index contributed by atoms with van der Waals surface area (Å²) < 4.78 is 1.13. The monoisotopic (exact) mass is 366 g/mol. The lowest BCUT2D eigenvalue weighted by Crippen LogP contribution is -2.36. The predicted molar refractivity (Wildman–Crippen MR) is 95.7 cm³/mol. The van der Waals surface area contributed by atoms with Gasteiger partial charge >= 0.3 is 0 Å². The third-order valence-corrected chi connectivity index (χ3v) is 5.48. The number of hydrogen-bond acceptors (Lipinski definition) is 3. The van der Waals surface area contributed by atoms with Crippen LogP contribution in [0.15, 0.2) is 40.2 Å². The summed E-state index contributed by atoms with van der Waals surface area (Å²) in [5, 5.41) is 2.12. The van der Waals surface area contributed by atoms with Gasteiger partial charge in [-0.15, -0.1) is 11.3 Å². The van der Waals surface area contributed by atoms with Crippen molar-refractivity contribution in [2.45, 2.75) is 38.9 Å². The first kappa shape index (κ1) is 16.7. The molecule has 1 heterocycles. The van der Waals surface area contributed by atoms with Crippen LogP contribution in [0.5, 0.6) is 0 Å². The van der Waals surface area contributed by atoms with Crippen LogP contribution < -0.4 is 5.73 Å². The lowest BCUT2D eigenvalue weighted by molar-refractivity contribution is 0.214. The second-order valence-corrected chi connectivity index (χ2v) is 7.41. The van der Waals surface area contributed by atoms with Crippen LogP contribution >= 0.6 is 27.3 Å². The third-order valence-electron chi connectivity index (χ3n) is 3.72. The molecule has 2 N–H and O–H groups in total. The molecule has 1 aromatic carbocycles. The van der Waals surface area contributed by atoms with Crippen molar-refractivity contribution in [3.8, 4) is 0 Å².